The molecule has 66 valence electrons. The minimum Gasteiger partial charge on any atom is -0.469 e. The summed E-state index contributed by atoms with van der Waals surface area (Å²) in [5, 5.41) is 12.1. The van der Waals surface area contributed by atoms with Crippen molar-refractivity contribution in [3.05, 3.63) is 17.5 Å². The lowest BCUT2D eigenvalue weighted by molar-refractivity contribution is -0.139. The zero-order chi connectivity index (χ0) is 8.97. The predicted octanol–water partition coefficient (Wildman–Crippen LogP) is -0.118. The molecule has 0 aliphatic carbocycles. The van der Waals surface area contributed by atoms with Gasteiger partial charge in [0.1, 0.15) is 6.61 Å². The number of hydrogen-bond acceptors (Lipinski definition) is 5. The van der Waals surface area contributed by atoms with E-state index in [1.807, 2.05) is 0 Å². The standard InChI is InChI=1S/C7H9NO4/c1-11-7(10)3-5-2-6(4-9)12-8-5/h2,9H,3-4H2,1H3. The Balaban J connectivity index is 2.58. The van der Waals surface area contributed by atoms with Crippen LogP contribution in [0.5, 0.6) is 0 Å². The third-order valence-corrected chi connectivity index (χ3v) is 1.32. The first-order valence-corrected chi connectivity index (χ1v) is 3.38. The second-order valence-electron chi connectivity index (χ2n) is 2.20. The molecule has 1 rings (SSSR count). The Kier molecular flexibility index (Phi) is 2.82. The number of ether oxygens (including phenoxy) is 1. The number of rotatable bonds is 3. The van der Waals surface area contributed by atoms with E-state index >= 15 is 0 Å². The van der Waals surface area contributed by atoms with Crippen LogP contribution in [0, 0.1) is 0 Å². The number of hydrogen-bond donors (Lipinski definition) is 1. The van der Waals surface area contributed by atoms with Gasteiger partial charge in [0.2, 0.25) is 0 Å². The van der Waals surface area contributed by atoms with Crippen molar-refractivity contribution in [2.75, 3.05) is 7.11 Å². The largest absolute Gasteiger partial charge is 0.469 e. The van der Waals surface area contributed by atoms with E-state index in [1.165, 1.54) is 13.2 Å². The van der Waals surface area contributed by atoms with Crippen molar-refractivity contribution >= 4 is 5.97 Å². The molecule has 5 heteroatoms. The van der Waals surface area contributed by atoms with E-state index in [-0.39, 0.29) is 19.0 Å². The summed E-state index contributed by atoms with van der Waals surface area (Å²) in [6, 6.07) is 1.51. The molecule has 0 spiro atoms. The zero-order valence-electron chi connectivity index (χ0n) is 6.61. The first-order valence-electron chi connectivity index (χ1n) is 3.38. The molecule has 0 unspecified atom stereocenters. The molecule has 0 aliphatic heterocycles. The van der Waals surface area contributed by atoms with Gasteiger partial charge in [-0.1, -0.05) is 5.16 Å². The van der Waals surface area contributed by atoms with Gasteiger partial charge in [-0.25, -0.2) is 0 Å². The van der Waals surface area contributed by atoms with Gasteiger partial charge >= 0.3 is 5.97 Å². The van der Waals surface area contributed by atoms with Crippen LogP contribution in [-0.4, -0.2) is 23.3 Å². The van der Waals surface area contributed by atoms with Gasteiger partial charge in [-0.3, -0.25) is 4.79 Å². The van der Waals surface area contributed by atoms with Gasteiger partial charge < -0.3 is 14.4 Å². The minimum absolute atomic E-state index is 0.0694. The Hall–Kier alpha value is -1.36. The molecule has 0 fully saturated rings. The average molecular weight is 171 g/mol. The van der Waals surface area contributed by atoms with Crippen molar-refractivity contribution in [3.63, 3.8) is 0 Å². The fourth-order valence-corrected chi connectivity index (χ4v) is 0.734. The Morgan fingerprint density at radius 1 is 1.83 bits per heavy atom. The summed E-state index contributed by atoms with van der Waals surface area (Å²) >= 11 is 0. The van der Waals surface area contributed by atoms with Crippen LogP contribution >= 0.6 is 0 Å². The molecule has 1 aromatic rings. The summed E-state index contributed by atoms with van der Waals surface area (Å²) in [5.74, 6) is -0.0401. The summed E-state index contributed by atoms with van der Waals surface area (Å²) in [4.78, 5) is 10.7. The Bertz CT molecular complexity index is 268. The maximum Gasteiger partial charge on any atom is 0.311 e. The summed E-state index contributed by atoms with van der Waals surface area (Å²) < 4.78 is 9.07. The summed E-state index contributed by atoms with van der Waals surface area (Å²) in [5.41, 5.74) is 0.464. The van der Waals surface area contributed by atoms with Gasteiger partial charge in [-0.05, 0) is 0 Å². The molecule has 0 aromatic carbocycles. The maximum absolute atomic E-state index is 10.7. The SMILES string of the molecule is COC(=O)Cc1cc(CO)on1. The highest BCUT2D eigenvalue weighted by atomic mass is 16.5. The fourth-order valence-electron chi connectivity index (χ4n) is 0.734. The first-order chi connectivity index (χ1) is 5.76. The second-order valence-corrected chi connectivity index (χ2v) is 2.20. The van der Waals surface area contributed by atoms with Gasteiger partial charge in [-0.15, -0.1) is 0 Å². The van der Waals surface area contributed by atoms with Gasteiger partial charge in [0.05, 0.1) is 19.2 Å². The first kappa shape index (κ1) is 8.73. The van der Waals surface area contributed by atoms with Crippen LogP contribution in [0.15, 0.2) is 10.6 Å². The highest BCUT2D eigenvalue weighted by molar-refractivity contribution is 5.71. The summed E-state index contributed by atoms with van der Waals surface area (Å²) in [7, 11) is 1.30. The second kappa shape index (κ2) is 3.87. The van der Waals surface area contributed by atoms with E-state index < -0.39 is 0 Å². The minimum atomic E-state index is -0.382. The van der Waals surface area contributed by atoms with E-state index in [2.05, 4.69) is 14.4 Å². The fraction of sp³-hybridized carbons (Fsp3) is 0.429. The number of carbonyl (C=O) groups excluding carboxylic acids is 1. The van der Waals surface area contributed by atoms with Crippen LogP contribution in [0.1, 0.15) is 11.5 Å². The predicted molar refractivity (Wildman–Crippen MR) is 38.1 cm³/mol. The maximum atomic E-state index is 10.7. The summed E-state index contributed by atoms with van der Waals surface area (Å²) in [6.45, 7) is -0.214. The van der Waals surface area contributed by atoms with E-state index in [9.17, 15) is 4.79 Å². The van der Waals surface area contributed by atoms with Crippen molar-refractivity contribution < 1.29 is 19.2 Å². The third kappa shape index (κ3) is 2.06. The molecule has 1 heterocycles. The monoisotopic (exact) mass is 171 g/mol. The number of carbonyl (C=O) groups is 1. The van der Waals surface area contributed by atoms with Crippen LogP contribution in [0.3, 0.4) is 0 Å². The molecule has 1 N–H and O–H groups in total. The molecule has 0 saturated carbocycles. The van der Waals surface area contributed by atoms with Gasteiger partial charge in [0.15, 0.2) is 5.76 Å². The van der Waals surface area contributed by atoms with Gasteiger partial charge in [0.25, 0.3) is 0 Å². The molecule has 0 bridgehead atoms. The van der Waals surface area contributed by atoms with Crippen molar-refractivity contribution in [2.24, 2.45) is 0 Å². The van der Waals surface area contributed by atoms with Crippen LogP contribution in [0.4, 0.5) is 0 Å². The molecular weight excluding hydrogens is 162 g/mol. The Labute approximate surface area is 68.9 Å². The molecule has 0 radical (unpaired) electrons. The van der Waals surface area contributed by atoms with Gasteiger partial charge in [0, 0.05) is 6.07 Å². The van der Waals surface area contributed by atoms with Gasteiger partial charge in [-0.2, -0.15) is 0 Å². The average Bonchev–Trinajstić information content (AvgIpc) is 2.52. The number of esters is 1. The third-order valence-electron chi connectivity index (χ3n) is 1.32. The normalized spacial score (nSPS) is 9.83. The highest BCUT2D eigenvalue weighted by Crippen LogP contribution is 2.04. The van der Waals surface area contributed by atoms with E-state index in [4.69, 9.17) is 5.11 Å². The van der Waals surface area contributed by atoms with E-state index in [0.29, 0.717) is 11.5 Å². The topological polar surface area (TPSA) is 72.6 Å². The van der Waals surface area contributed by atoms with E-state index in [1.54, 1.807) is 0 Å². The van der Waals surface area contributed by atoms with Crippen molar-refractivity contribution in [1.29, 1.82) is 0 Å². The van der Waals surface area contributed by atoms with Crippen LogP contribution in [0.2, 0.25) is 0 Å². The molecule has 0 aliphatic rings. The van der Waals surface area contributed by atoms with Crippen molar-refractivity contribution in [3.8, 4) is 0 Å². The quantitative estimate of drug-likeness (QED) is 0.642. The number of aliphatic hydroxyl groups excluding tert-OH is 1. The number of nitrogens with zero attached hydrogens (tertiary/aromatic N) is 1. The smallest absolute Gasteiger partial charge is 0.311 e. The van der Waals surface area contributed by atoms with Crippen LogP contribution in [-0.2, 0) is 22.6 Å². The van der Waals surface area contributed by atoms with Crippen molar-refractivity contribution in [2.45, 2.75) is 13.0 Å². The highest BCUT2D eigenvalue weighted by Gasteiger charge is 2.07. The molecule has 0 amide bonds. The van der Waals surface area contributed by atoms with E-state index in [0.717, 1.165) is 0 Å². The Morgan fingerprint density at radius 2 is 2.58 bits per heavy atom. The lowest BCUT2D eigenvalue weighted by Gasteiger charge is -1.91. The molecule has 12 heavy (non-hydrogen) atoms. The zero-order valence-corrected chi connectivity index (χ0v) is 6.61. The molecule has 5 nitrogen and oxygen atoms in total. The summed E-state index contributed by atoms with van der Waals surface area (Å²) in [6.07, 6.45) is 0.0694. The molecule has 0 atom stereocenters. The number of aromatic nitrogens is 1. The molecule has 1 aromatic heterocycles. The molecular formula is C7H9NO4. The van der Waals surface area contributed by atoms with Crippen molar-refractivity contribution in [1.82, 2.24) is 5.16 Å². The Morgan fingerprint density at radius 3 is 3.08 bits per heavy atom. The van der Waals surface area contributed by atoms with Crippen LogP contribution < -0.4 is 0 Å². The van der Waals surface area contributed by atoms with Crippen LogP contribution in [0.25, 0.3) is 0 Å². The number of methoxy groups -OCH3 is 1. The lowest BCUT2D eigenvalue weighted by atomic mass is 10.3. The number of aliphatic hydroxyl groups is 1. The molecule has 0 saturated heterocycles. The lowest BCUT2D eigenvalue weighted by Crippen LogP contribution is -2.04.